The van der Waals surface area contributed by atoms with E-state index in [0.29, 0.717) is 12.0 Å². The van der Waals surface area contributed by atoms with Gasteiger partial charge in [0.2, 0.25) is 0 Å². The molecule has 18 heavy (non-hydrogen) atoms. The largest absolute Gasteiger partial charge is 0.497 e. The highest BCUT2D eigenvalue weighted by Gasteiger charge is 2.33. The second kappa shape index (κ2) is 5.61. The normalized spacial score (nSPS) is 18.2. The molecular formula is C15H23NO2. The Balaban J connectivity index is 2.28. The highest BCUT2D eigenvalue weighted by atomic mass is 16.5. The lowest BCUT2D eigenvalue weighted by molar-refractivity contribution is 0.360. The van der Waals surface area contributed by atoms with Crippen molar-refractivity contribution in [2.45, 2.75) is 25.8 Å². The van der Waals surface area contributed by atoms with E-state index >= 15 is 0 Å². The standard InChI is InChI=1S/C15H23NO2/c1-10(11-5-6-11)15(16-2)12-7-13(17-3)9-14(8-12)18-4/h7-11,15-16H,5-6H2,1-4H3. The van der Waals surface area contributed by atoms with Gasteiger partial charge in [-0.25, -0.2) is 0 Å². The van der Waals surface area contributed by atoms with E-state index in [1.165, 1.54) is 18.4 Å². The van der Waals surface area contributed by atoms with Gasteiger partial charge in [-0.1, -0.05) is 6.92 Å². The van der Waals surface area contributed by atoms with Crippen LogP contribution in [0, 0.1) is 11.8 Å². The van der Waals surface area contributed by atoms with E-state index in [-0.39, 0.29) is 0 Å². The molecule has 1 aliphatic carbocycles. The van der Waals surface area contributed by atoms with E-state index in [4.69, 9.17) is 9.47 Å². The second-order valence-corrected chi connectivity index (χ2v) is 5.11. The lowest BCUT2D eigenvalue weighted by Gasteiger charge is -2.24. The fourth-order valence-corrected chi connectivity index (χ4v) is 2.64. The summed E-state index contributed by atoms with van der Waals surface area (Å²) in [5.41, 5.74) is 1.24. The van der Waals surface area contributed by atoms with Crippen molar-refractivity contribution in [3.8, 4) is 11.5 Å². The number of hydrogen-bond acceptors (Lipinski definition) is 3. The first kappa shape index (κ1) is 13.2. The predicted octanol–water partition coefficient (Wildman–Crippen LogP) is 3.01. The van der Waals surface area contributed by atoms with Crippen LogP contribution in [0.15, 0.2) is 18.2 Å². The van der Waals surface area contributed by atoms with E-state index in [2.05, 4.69) is 24.4 Å². The summed E-state index contributed by atoms with van der Waals surface area (Å²) in [6.45, 7) is 2.32. The number of rotatable bonds is 6. The van der Waals surface area contributed by atoms with Crippen molar-refractivity contribution in [3.63, 3.8) is 0 Å². The number of hydrogen-bond donors (Lipinski definition) is 1. The van der Waals surface area contributed by atoms with Gasteiger partial charge in [0, 0.05) is 12.1 Å². The summed E-state index contributed by atoms with van der Waals surface area (Å²) in [4.78, 5) is 0. The molecule has 1 aromatic carbocycles. The number of methoxy groups -OCH3 is 2. The van der Waals surface area contributed by atoms with Gasteiger partial charge in [-0.05, 0) is 49.4 Å². The molecule has 0 radical (unpaired) electrons. The molecule has 2 unspecified atom stereocenters. The van der Waals surface area contributed by atoms with Gasteiger partial charge in [-0.2, -0.15) is 0 Å². The summed E-state index contributed by atoms with van der Waals surface area (Å²) < 4.78 is 10.7. The van der Waals surface area contributed by atoms with Gasteiger partial charge >= 0.3 is 0 Å². The van der Waals surface area contributed by atoms with Crippen LogP contribution in [0.2, 0.25) is 0 Å². The Bertz CT molecular complexity index is 379. The first-order valence-corrected chi connectivity index (χ1v) is 6.59. The van der Waals surface area contributed by atoms with Gasteiger partial charge in [0.05, 0.1) is 14.2 Å². The van der Waals surface area contributed by atoms with E-state index < -0.39 is 0 Å². The third kappa shape index (κ3) is 2.78. The summed E-state index contributed by atoms with van der Waals surface area (Å²) in [7, 11) is 5.41. The molecule has 0 aliphatic heterocycles. The van der Waals surface area contributed by atoms with E-state index in [0.717, 1.165) is 17.4 Å². The van der Waals surface area contributed by atoms with Crippen LogP contribution < -0.4 is 14.8 Å². The summed E-state index contributed by atoms with van der Waals surface area (Å²) >= 11 is 0. The molecular weight excluding hydrogens is 226 g/mol. The van der Waals surface area contributed by atoms with Gasteiger partial charge in [0.25, 0.3) is 0 Å². The lowest BCUT2D eigenvalue weighted by Crippen LogP contribution is -2.24. The van der Waals surface area contributed by atoms with Gasteiger partial charge in [-0.3, -0.25) is 0 Å². The minimum Gasteiger partial charge on any atom is -0.497 e. The van der Waals surface area contributed by atoms with Crippen LogP contribution in [0.1, 0.15) is 31.4 Å². The van der Waals surface area contributed by atoms with Crippen LogP contribution in [0.3, 0.4) is 0 Å². The maximum atomic E-state index is 5.34. The maximum Gasteiger partial charge on any atom is 0.122 e. The van der Waals surface area contributed by atoms with E-state index in [1.54, 1.807) is 14.2 Å². The van der Waals surface area contributed by atoms with Crippen LogP contribution in [0.4, 0.5) is 0 Å². The second-order valence-electron chi connectivity index (χ2n) is 5.11. The van der Waals surface area contributed by atoms with Crippen LogP contribution in [-0.2, 0) is 0 Å². The first-order valence-electron chi connectivity index (χ1n) is 6.59. The average molecular weight is 249 g/mol. The fraction of sp³-hybridized carbons (Fsp3) is 0.600. The smallest absolute Gasteiger partial charge is 0.122 e. The molecule has 1 N–H and O–H groups in total. The van der Waals surface area contributed by atoms with E-state index in [1.807, 2.05) is 13.1 Å². The molecule has 100 valence electrons. The lowest BCUT2D eigenvalue weighted by atomic mass is 9.90. The Morgan fingerprint density at radius 2 is 1.67 bits per heavy atom. The zero-order valence-corrected chi connectivity index (χ0v) is 11.7. The molecule has 0 saturated heterocycles. The monoisotopic (exact) mass is 249 g/mol. The van der Waals surface area contributed by atoms with E-state index in [9.17, 15) is 0 Å². The third-order valence-corrected chi connectivity index (χ3v) is 3.94. The van der Waals surface area contributed by atoms with Crippen molar-refractivity contribution in [1.82, 2.24) is 5.32 Å². The Kier molecular flexibility index (Phi) is 4.12. The third-order valence-electron chi connectivity index (χ3n) is 3.94. The zero-order valence-electron chi connectivity index (χ0n) is 11.7. The highest BCUT2D eigenvalue weighted by Crippen LogP contribution is 2.43. The molecule has 0 heterocycles. The molecule has 3 heteroatoms. The molecule has 0 aromatic heterocycles. The number of ether oxygens (including phenoxy) is 2. The van der Waals surface area contributed by atoms with Crippen LogP contribution in [0.25, 0.3) is 0 Å². The minimum atomic E-state index is 0.362. The summed E-state index contributed by atoms with van der Waals surface area (Å²) in [6, 6.07) is 6.48. The Morgan fingerprint density at radius 1 is 1.11 bits per heavy atom. The van der Waals surface area contributed by atoms with Gasteiger partial charge in [0.15, 0.2) is 0 Å². The van der Waals surface area contributed by atoms with Gasteiger partial charge in [-0.15, -0.1) is 0 Å². The molecule has 0 bridgehead atoms. The molecule has 0 amide bonds. The molecule has 1 fully saturated rings. The van der Waals surface area contributed by atoms with Crippen molar-refractivity contribution in [2.75, 3.05) is 21.3 Å². The molecule has 0 spiro atoms. The van der Waals surface area contributed by atoms with Crippen molar-refractivity contribution in [3.05, 3.63) is 23.8 Å². The van der Waals surface area contributed by atoms with Gasteiger partial charge < -0.3 is 14.8 Å². The van der Waals surface area contributed by atoms with Crippen LogP contribution in [0.5, 0.6) is 11.5 Å². The molecule has 3 nitrogen and oxygen atoms in total. The molecule has 1 aromatic rings. The number of nitrogens with one attached hydrogen (secondary N) is 1. The average Bonchev–Trinajstić information content (AvgIpc) is 3.23. The molecule has 2 rings (SSSR count). The predicted molar refractivity (Wildman–Crippen MR) is 73.2 cm³/mol. The Morgan fingerprint density at radius 3 is 2.06 bits per heavy atom. The summed E-state index contributed by atoms with van der Waals surface area (Å²) in [5, 5.41) is 3.43. The molecule has 2 atom stereocenters. The fourth-order valence-electron chi connectivity index (χ4n) is 2.64. The summed E-state index contributed by atoms with van der Waals surface area (Å²) in [6.07, 6.45) is 2.72. The first-order chi connectivity index (χ1) is 8.69. The maximum absolute atomic E-state index is 5.34. The highest BCUT2D eigenvalue weighted by molar-refractivity contribution is 5.40. The van der Waals surface area contributed by atoms with Crippen molar-refractivity contribution in [2.24, 2.45) is 11.8 Å². The van der Waals surface area contributed by atoms with Crippen molar-refractivity contribution < 1.29 is 9.47 Å². The quantitative estimate of drug-likeness (QED) is 0.840. The number of benzene rings is 1. The Hall–Kier alpha value is -1.22. The zero-order chi connectivity index (χ0) is 13.1. The van der Waals surface area contributed by atoms with Crippen molar-refractivity contribution >= 4 is 0 Å². The topological polar surface area (TPSA) is 30.5 Å². The molecule has 1 aliphatic rings. The Labute approximate surface area is 109 Å². The minimum absolute atomic E-state index is 0.362. The van der Waals surface area contributed by atoms with Gasteiger partial charge in [0.1, 0.15) is 11.5 Å². The van der Waals surface area contributed by atoms with Crippen LogP contribution >= 0.6 is 0 Å². The molecule has 1 saturated carbocycles. The summed E-state index contributed by atoms with van der Waals surface area (Å²) in [5.74, 6) is 3.21. The SMILES string of the molecule is CNC(c1cc(OC)cc(OC)c1)C(C)C1CC1. The van der Waals surface area contributed by atoms with Crippen molar-refractivity contribution in [1.29, 1.82) is 0 Å². The van der Waals surface area contributed by atoms with Crippen LogP contribution in [-0.4, -0.2) is 21.3 Å².